The average molecular weight is 441 g/mol. The smallest absolute Gasteiger partial charge is 0.289 e. The van der Waals surface area contributed by atoms with Gasteiger partial charge in [0.1, 0.15) is 0 Å². The molecule has 0 aliphatic carbocycles. The lowest BCUT2D eigenvalue weighted by Gasteiger charge is -2.36. The zero-order valence-corrected chi connectivity index (χ0v) is 18.0. The topological polar surface area (TPSA) is 97.5 Å². The Kier molecular flexibility index (Phi) is 5.90. The van der Waals surface area contributed by atoms with Crippen LogP contribution in [0.3, 0.4) is 0 Å². The summed E-state index contributed by atoms with van der Waals surface area (Å²) in [6.07, 6.45) is 2.81. The number of nitro groups is 1. The molecule has 1 unspecified atom stereocenters. The standard InChI is InChI=1S/C22H24N4O4S/c1-24-13-6-10-19(24)21(25-14-12-17-7-2-3-8-18(17)16-25)15-23-31(29,30)22-11-5-4-9-20(22)26(27)28/h2-11,13,21,23H,12,14-16H2,1H3. The van der Waals surface area contributed by atoms with Crippen molar-refractivity contribution in [3.8, 4) is 0 Å². The molecule has 31 heavy (non-hydrogen) atoms. The maximum absolute atomic E-state index is 13.0. The van der Waals surface area contributed by atoms with Gasteiger partial charge in [-0.05, 0) is 35.7 Å². The average Bonchev–Trinajstić information content (AvgIpc) is 3.19. The molecule has 0 saturated heterocycles. The fourth-order valence-corrected chi connectivity index (χ4v) is 5.33. The Balaban J connectivity index is 1.61. The first kappa shape index (κ1) is 21.2. The van der Waals surface area contributed by atoms with Crippen molar-refractivity contribution in [1.82, 2.24) is 14.2 Å². The van der Waals surface area contributed by atoms with Crippen LogP contribution in [0.2, 0.25) is 0 Å². The third-order valence-corrected chi connectivity index (χ3v) is 7.22. The van der Waals surface area contributed by atoms with Gasteiger partial charge in [-0.15, -0.1) is 0 Å². The van der Waals surface area contributed by atoms with Crippen molar-refractivity contribution < 1.29 is 13.3 Å². The number of aryl methyl sites for hydroxylation is 1. The van der Waals surface area contributed by atoms with Crippen LogP contribution in [-0.2, 0) is 30.0 Å². The summed E-state index contributed by atoms with van der Waals surface area (Å²) >= 11 is 0. The van der Waals surface area contributed by atoms with Gasteiger partial charge in [0.05, 0.1) is 11.0 Å². The van der Waals surface area contributed by atoms with Crippen molar-refractivity contribution in [2.75, 3.05) is 13.1 Å². The molecule has 9 heteroatoms. The Hall–Kier alpha value is -3.01. The minimum absolute atomic E-state index is 0.106. The lowest BCUT2D eigenvalue weighted by molar-refractivity contribution is -0.387. The molecular weight excluding hydrogens is 416 g/mol. The van der Waals surface area contributed by atoms with E-state index in [2.05, 4.69) is 21.8 Å². The van der Waals surface area contributed by atoms with E-state index in [9.17, 15) is 18.5 Å². The van der Waals surface area contributed by atoms with Crippen LogP contribution >= 0.6 is 0 Å². The van der Waals surface area contributed by atoms with Crippen LogP contribution in [0.25, 0.3) is 0 Å². The SMILES string of the molecule is Cn1cccc1C(CNS(=O)(=O)c1ccccc1[N+](=O)[O-])N1CCc2ccccc2C1. The van der Waals surface area contributed by atoms with Gasteiger partial charge >= 0.3 is 0 Å². The Labute approximate surface area is 181 Å². The molecule has 0 spiro atoms. The van der Waals surface area contributed by atoms with Crippen LogP contribution in [0.4, 0.5) is 5.69 Å². The summed E-state index contributed by atoms with van der Waals surface area (Å²) in [6, 6.07) is 17.4. The van der Waals surface area contributed by atoms with Gasteiger partial charge in [-0.3, -0.25) is 15.0 Å². The van der Waals surface area contributed by atoms with Gasteiger partial charge in [-0.1, -0.05) is 36.4 Å². The molecule has 8 nitrogen and oxygen atoms in total. The second-order valence-electron chi connectivity index (χ2n) is 7.63. The summed E-state index contributed by atoms with van der Waals surface area (Å²) < 4.78 is 30.5. The monoisotopic (exact) mass is 440 g/mol. The molecule has 0 bridgehead atoms. The van der Waals surface area contributed by atoms with Crippen LogP contribution in [0.1, 0.15) is 22.9 Å². The van der Waals surface area contributed by atoms with Crippen molar-refractivity contribution >= 4 is 15.7 Å². The minimum atomic E-state index is -4.06. The van der Waals surface area contributed by atoms with E-state index in [-0.39, 0.29) is 17.5 Å². The summed E-state index contributed by atoms with van der Waals surface area (Å²) in [5.41, 5.74) is 3.08. The number of benzene rings is 2. The largest absolute Gasteiger partial charge is 0.353 e. The molecule has 162 valence electrons. The molecule has 0 fully saturated rings. The molecule has 0 saturated carbocycles. The molecule has 1 aliphatic rings. The van der Waals surface area contributed by atoms with Crippen LogP contribution in [0.5, 0.6) is 0 Å². The lowest BCUT2D eigenvalue weighted by Crippen LogP contribution is -2.41. The van der Waals surface area contributed by atoms with E-state index in [0.717, 1.165) is 18.7 Å². The van der Waals surface area contributed by atoms with Crippen molar-refractivity contribution in [3.05, 3.63) is 93.8 Å². The minimum Gasteiger partial charge on any atom is -0.353 e. The number of para-hydroxylation sites is 1. The second kappa shape index (κ2) is 8.62. The number of rotatable bonds is 7. The zero-order valence-electron chi connectivity index (χ0n) is 17.1. The Morgan fingerprint density at radius 3 is 2.48 bits per heavy atom. The van der Waals surface area contributed by atoms with Crippen molar-refractivity contribution in [3.63, 3.8) is 0 Å². The van der Waals surface area contributed by atoms with Gasteiger partial charge < -0.3 is 4.57 Å². The van der Waals surface area contributed by atoms with Gasteiger partial charge in [0.15, 0.2) is 4.90 Å². The maximum Gasteiger partial charge on any atom is 0.289 e. The van der Waals surface area contributed by atoms with Crippen molar-refractivity contribution in [1.29, 1.82) is 0 Å². The molecule has 1 atom stereocenters. The highest BCUT2D eigenvalue weighted by Crippen LogP contribution is 2.29. The fraction of sp³-hybridized carbons (Fsp3) is 0.273. The molecule has 2 heterocycles. The molecule has 1 aliphatic heterocycles. The van der Waals surface area contributed by atoms with E-state index in [1.807, 2.05) is 42.1 Å². The van der Waals surface area contributed by atoms with Gasteiger partial charge in [-0.25, -0.2) is 13.1 Å². The summed E-state index contributed by atoms with van der Waals surface area (Å²) in [5, 5.41) is 11.3. The van der Waals surface area contributed by atoms with E-state index in [1.54, 1.807) is 0 Å². The summed E-state index contributed by atoms with van der Waals surface area (Å²) in [6.45, 7) is 1.60. The predicted molar refractivity (Wildman–Crippen MR) is 117 cm³/mol. The van der Waals surface area contributed by atoms with Crippen LogP contribution < -0.4 is 4.72 Å². The molecule has 0 amide bonds. The second-order valence-corrected chi connectivity index (χ2v) is 9.36. The molecule has 2 aromatic carbocycles. The number of hydrogen-bond donors (Lipinski definition) is 1. The van der Waals surface area contributed by atoms with E-state index >= 15 is 0 Å². The first-order valence-corrected chi connectivity index (χ1v) is 11.5. The maximum atomic E-state index is 13.0. The highest BCUT2D eigenvalue weighted by molar-refractivity contribution is 7.89. The highest BCUT2D eigenvalue weighted by atomic mass is 32.2. The normalized spacial score (nSPS) is 15.4. The predicted octanol–water partition coefficient (Wildman–Crippen LogP) is 3.01. The first-order valence-electron chi connectivity index (χ1n) is 10.0. The Morgan fingerprint density at radius 2 is 1.77 bits per heavy atom. The molecular formula is C22H24N4O4S. The third-order valence-electron chi connectivity index (χ3n) is 5.74. The fourth-order valence-electron chi connectivity index (χ4n) is 4.13. The zero-order chi connectivity index (χ0) is 22.0. The number of aromatic nitrogens is 1. The summed E-state index contributed by atoms with van der Waals surface area (Å²) in [4.78, 5) is 12.6. The van der Waals surface area contributed by atoms with E-state index < -0.39 is 20.6 Å². The van der Waals surface area contributed by atoms with Crippen molar-refractivity contribution in [2.45, 2.75) is 23.9 Å². The number of nitro benzene ring substituents is 1. The van der Waals surface area contributed by atoms with Crippen LogP contribution in [0, 0.1) is 10.1 Å². The van der Waals surface area contributed by atoms with Gasteiger partial charge in [-0.2, -0.15) is 0 Å². The van der Waals surface area contributed by atoms with E-state index in [0.29, 0.717) is 6.54 Å². The number of sulfonamides is 1. The van der Waals surface area contributed by atoms with Gasteiger partial charge in [0.2, 0.25) is 10.0 Å². The van der Waals surface area contributed by atoms with E-state index in [1.165, 1.54) is 35.4 Å². The third kappa shape index (κ3) is 4.39. The van der Waals surface area contributed by atoms with Gasteiger partial charge in [0.25, 0.3) is 5.69 Å². The van der Waals surface area contributed by atoms with E-state index in [4.69, 9.17) is 0 Å². The summed E-state index contributed by atoms with van der Waals surface area (Å²) in [7, 11) is -2.13. The number of hydrogen-bond acceptors (Lipinski definition) is 5. The molecule has 0 radical (unpaired) electrons. The molecule has 1 N–H and O–H groups in total. The molecule has 1 aromatic heterocycles. The highest BCUT2D eigenvalue weighted by Gasteiger charge is 2.30. The van der Waals surface area contributed by atoms with Crippen molar-refractivity contribution in [2.24, 2.45) is 7.05 Å². The van der Waals surface area contributed by atoms with Crippen LogP contribution in [-0.4, -0.2) is 35.9 Å². The number of nitrogens with zero attached hydrogens (tertiary/aromatic N) is 3. The number of fused-ring (bicyclic) bond motifs is 1. The van der Waals surface area contributed by atoms with Gasteiger partial charge in [0, 0.05) is 44.6 Å². The van der Waals surface area contributed by atoms with Crippen LogP contribution in [0.15, 0.2) is 71.8 Å². The summed E-state index contributed by atoms with van der Waals surface area (Å²) in [5.74, 6) is 0. The lowest BCUT2D eigenvalue weighted by atomic mass is 9.98. The quantitative estimate of drug-likeness (QED) is 0.450. The molecule has 3 aromatic rings. The molecule has 4 rings (SSSR count). The Bertz CT molecular complexity index is 1210. The Morgan fingerprint density at radius 1 is 1.06 bits per heavy atom. The number of nitrogens with one attached hydrogen (secondary N) is 1. The first-order chi connectivity index (χ1) is 14.9.